The van der Waals surface area contributed by atoms with Gasteiger partial charge in [-0.3, -0.25) is 9.59 Å². The largest absolute Gasteiger partial charge is 0.497 e. The smallest absolute Gasteiger partial charge is 0.253 e. The van der Waals surface area contributed by atoms with Crippen molar-refractivity contribution in [1.82, 2.24) is 14.7 Å². The third-order valence-corrected chi connectivity index (χ3v) is 6.63. The van der Waals surface area contributed by atoms with Gasteiger partial charge in [0.05, 0.1) is 35.4 Å². The van der Waals surface area contributed by atoms with Crippen molar-refractivity contribution in [3.8, 4) is 11.4 Å². The lowest BCUT2D eigenvalue weighted by Crippen LogP contribution is -2.28. The summed E-state index contributed by atoms with van der Waals surface area (Å²) in [6, 6.07) is 12.9. The predicted octanol–water partition coefficient (Wildman–Crippen LogP) is 5.01. The lowest BCUT2D eigenvalue weighted by atomic mass is 9.75. The summed E-state index contributed by atoms with van der Waals surface area (Å²) in [6.45, 7) is 8.45. The number of hydrogen-bond donors (Lipinski definition) is 1. The Kier molecular flexibility index (Phi) is 7.02. The number of Topliss-reactive ketones (excluding diaryl/α,β-unsaturated/α-hetero) is 1. The van der Waals surface area contributed by atoms with E-state index in [9.17, 15) is 9.59 Å². The zero-order valence-electron chi connectivity index (χ0n) is 21.5. The van der Waals surface area contributed by atoms with Crippen molar-refractivity contribution < 1.29 is 14.3 Å². The quantitative estimate of drug-likeness (QED) is 0.357. The number of carbonyl (C=O) groups is 2. The second-order valence-corrected chi connectivity index (χ2v) is 10.2. The van der Waals surface area contributed by atoms with Crippen LogP contribution in [0.1, 0.15) is 64.4 Å². The maximum atomic E-state index is 13.1. The van der Waals surface area contributed by atoms with Gasteiger partial charge in [-0.1, -0.05) is 32.1 Å². The van der Waals surface area contributed by atoms with Crippen LogP contribution in [0, 0.1) is 5.41 Å². The van der Waals surface area contributed by atoms with Gasteiger partial charge in [0.1, 0.15) is 5.75 Å². The Labute approximate surface area is 212 Å². The number of anilines is 1. The highest BCUT2D eigenvalue weighted by Gasteiger charge is 2.36. The van der Waals surface area contributed by atoms with Crippen molar-refractivity contribution in [3.63, 3.8) is 0 Å². The number of aryl methyl sites for hydroxylation is 1. The number of nitrogens with two attached hydrogens (primary N) is 1. The van der Waals surface area contributed by atoms with Gasteiger partial charge < -0.3 is 15.4 Å². The summed E-state index contributed by atoms with van der Waals surface area (Å²) in [5, 5.41) is 4.82. The van der Waals surface area contributed by atoms with Crippen LogP contribution in [-0.2, 0) is 19.4 Å². The number of fused-ring (bicyclic) bond motifs is 1. The molecule has 1 aliphatic rings. The molecule has 1 aromatic heterocycles. The molecule has 4 rings (SSSR count). The van der Waals surface area contributed by atoms with E-state index >= 15 is 0 Å². The van der Waals surface area contributed by atoms with Crippen molar-refractivity contribution in [2.24, 2.45) is 5.41 Å². The van der Waals surface area contributed by atoms with Gasteiger partial charge in [0.15, 0.2) is 5.78 Å². The molecule has 0 unspecified atom stereocenters. The molecule has 0 bridgehead atoms. The number of rotatable bonds is 8. The molecule has 0 radical (unpaired) electrons. The Morgan fingerprint density at radius 2 is 1.94 bits per heavy atom. The summed E-state index contributed by atoms with van der Waals surface area (Å²) in [4.78, 5) is 27.8. The molecule has 0 aliphatic heterocycles. The van der Waals surface area contributed by atoms with Crippen LogP contribution in [0.2, 0.25) is 0 Å². The number of ketones is 1. The standard InChI is InChI=1S/C29H34N4O3/c1-6-7-8-23-27-25(16-29(2,3)17-26(27)34)33(31-23)24-14-11-20(15-22(24)30)28(35)32(4)18-19-9-12-21(36-5)13-10-19/h6,9-15H,1,7-8,16-18,30H2,2-5H3. The van der Waals surface area contributed by atoms with E-state index in [1.54, 1.807) is 35.9 Å². The third kappa shape index (κ3) is 5.05. The molecule has 1 amide bonds. The number of allylic oxidation sites excluding steroid dienone is 1. The molecule has 0 fully saturated rings. The number of ether oxygens (including phenoxy) is 1. The molecule has 2 aromatic carbocycles. The van der Waals surface area contributed by atoms with Gasteiger partial charge in [0.2, 0.25) is 0 Å². The average Bonchev–Trinajstić information content (AvgIpc) is 3.19. The highest BCUT2D eigenvalue weighted by atomic mass is 16.5. The molecular weight excluding hydrogens is 452 g/mol. The van der Waals surface area contributed by atoms with Crippen molar-refractivity contribution in [1.29, 1.82) is 0 Å². The second-order valence-electron chi connectivity index (χ2n) is 10.2. The molecule has 36 heavy (non-hydrogen) atoms. The number of aromatic nitrogens is 2. The van der Waals surface area contributed by atoms with Gasteiger partial charge in [-0.05, 0) is 60.6 Å². The molecule has 0 saturated carbocycles. The van der Waals surface area contributed by atoms with E-state index in [-0.39, 0.29) is 17.1 Å². The summed E-state index contributed by atoms with van der Waals surface area (Å²) in [6.07, 6.45) is 4.44. The zero-order valence-corrected chi connectivity index (χ0v) is 21.5. The summed E-state index contributed by atoms with van der Waals surface area (Å²) in [7, 11) is 3.39. The molecule has 188 valence electrons. The fourth-order valence-electron chi connectivity index (χ4n) is 4.82. The first-order chi connectivity index (χ1) is 17.1. The molecule has 0 saturated heterocycles. The number of hydrogen-bond acceptors (Lipinski definition) is 5. The molecular formula is C29H34N4O3. The second kappa shape index (κ2) is 10.0. The van der Waals surface area contributed by atoms with Crippen LogP contribution in [0.15, 0.2) is 55.1 Å². The Morgan fingerprint density at radius 3 is 2.58 bits per heavy atom. The topological polar surface area (TPSA) is 90.4 Å². The molecule has 1 aliphatic carbocycles. The molecule has 7 nitrogen and oxygen atoms in total. The van der Waals surface area contributed by atoms with Gasteiger partial charge in [0, 0.05) is 25.6 Å². The van der Waals surface area contributed by atoms with Crippen molar-refractivity contribution in [2.45, 2.75) is 46.1 Å². The Hall–Kier alpha value is -3.87. The highest BCUT2D eigenvalue weighted by molar-refractivity contribution is 6.00. The van der Waals surface area contributed by atoms with E-state index in [0.29, 0.717) is 36.3 Å². The van der Waals surface area contributed by atoms with Gasteiger partial charge >= 0.3 is 0 Å². The van der Waals surface area contributed by atoms with Crippen molar-refractivity contribution in [2.75, 3.05) is 19.9 Å². The number of amides is 1. The van der Waals surface area contributed by atoms with Gasteiger partial charge in [-0.2, -0.15) is 5.10 Å². The zero-order chi connectivity index (χ0) is 26.0. The maximum absolute atomic E-state index is 13.1. The minimum atomic E-state index is -0.160. The summed E-state index contributed by atoms with van der Waals surface area (Å²) in [5.41, 5.74) is 11.3. The summed E-state index contributed by atoms with van der Waals surface area (Å²) < 4.78 is 7.00. The first-order valence-electron chi connectivity index (χ1n) is 12.2. The van der Waals surface area contributed by atoms with Crippen LogP contribution in [-0.4, -0.2) is 40.5 Å². The van der Waals surface area contributed by atoms with E-state index in [0.717, 1.165) is 41.1 Å². The number of carbonyl (C=O) groups excluding carboxylic acids is 2. The summed E-state index contributed by atoms with van der Waals surface area (Å²) >= 11 is 0. The average molecular weight is 487 g/mol. The normalized spacial score (nSPS) is 14.3. The van der Waals surface area contributed by atoms with Crippen LogP contribution in [0.3, 0.4) is 0 Å². The number of nitrogens with zero attached hydrogens (tertiary/aromatic N) is 3. The maximum Gasteiger partial charge on any atom is 0.253 e. The first-order valence-corrected chi connectivity index (χ1v) is 12.2. The minimum Gasteiger partial charge on any atom is -0.497 e. The number of benzene rings is 2. The fourth-order valence-corrected chi connectivity index (χ4v) is 4.82. The Bertz CT molecular complexity index is 1300. The van der Waals surface area contributed by atoms with Crippen LogP contribution in [0.5, 0.6) is 5.75 Å². The van der Waals surface area contributed by atoms with Crippen LogP contribution in [0.4, 0.5) is 5.69 Å². The molecule has 0 spiro atoms. The third-order valence-electron chi connectivity index (χ3n) is 6.63. The molecule has 3 aromatic rings. The van der Waals surface area contributed by atoms with Crippen LogP contribution >= 0.6 is 0 Å². The van der Waals surface area contributed by atoms with E-state index < -0.39 is 0 Å². The lowest BCUT2D eigenvalue weighted by Gasteiger charge is -2.29. The monoisotopic (exact) mass is 486 g/mol. The number of methoxy groups -OCH3 is 1. The number of nitrogen functional groups attached to an aromatic ring is 1. The lowest BCUT2D eigenvalue weighted by molar-refractivity contribution is 0.0784. The van der Waals surface area contributed by atoms with Crippen LogP contribution < -0.4 is 10.5 Å². The molecule has 7 heteroatoms. The van der Waals surface area contributed by atoms with E-state index in [4.69, 9.17) is 15.6 Å². The molecule has 0 atom stereocenters. The van der Waals surface area contributed by atoms with Gasteiger partial charge in [-0.15, -0.1) is 6.58 Å². The molecule has 1 heterocycles. The first kappa shape index (κ1) is 25.2. The van der Waals surface area contributed by atoms with E-state index in [1.165, 1.54) is 0 Å². The summed E-state index contributed by atoms with van der Waals surface area (Å²) in [5.74, 6) is 0.765. The van der Waals surface area contributed by atoms with Gasteiger partial charge in [-0.25, -0.2) is 4.68 Å². The van der Waals surface area contributed by atoms with E-state index in [1.807, 2.05) is 36.4 Å². The van der Waals surface area contributed by atoms with E-state index in [2.05, 4.69) is 20.4 Å². The van der Waals surface area contributed by atoms with Gasteiger partial charge in [0.25, 0.3) is 5.91 Å². The minimum absolute atomic E-state index is 0.122. The SMILES string of the molecule is C=CCCc1nn(-c2ccc(C(=O)N(C)Cc3ccc(OC)cc3)cc2N)c2c1C(=O)CC(C)(C)C2. The molecule has 2 N–H and O–H groups in total. The fraction of sp³-hybridized carbons (Fsp3) is 0.345. The van der Waals surface area contributed by atoms with Crippen molar-refractivity contribution >= 4 is 17.4 Å². The highest BCUT2D eigenvalue weighted by Crippen LogP contribution is 2.38. The van der Waals surface area contributed by atoms with Crippen molar-refractivity contribution in [3.05, 3.63) is 83.2 Å². The van der Waals surface area contributed by atoms with Crippen LogP contribution in [0.25, 0.3) is 5.69 Å². The Morgan fingerprint density at radius 1 is 1.22 bits per heavy atom. The Balaban J connectivity index is 1.63. The predicted molar refractivity (Wildman–Crippen MR) is 142 cm³/mol.